The van der Waals surface area contributed by atoms with E-state index in [1.807, 2.05) is 13.0 Å². The highest BCUT2D eigenvalue weighted by molar-refractivity contribution is 7.90. The number of carbonyl (C=O) groups is 1. The van der Waals surface area contributed by atoms with Crippen molar-refractivity contribution in [2.24, 2.45) is 11.7 Å². The molecular weight excluding hydrogens is 372 g/mol. The molecule has 0 radical (unpaired) electrons. The van der Waals surface area contributed by atoms with Crippen LogP contribution in [0, 0.1) is 5.92 Å². The Bertz CT molecular complexity index is 922. The monoisotopic (exact) mass is 396 g/mol. The number of carbonyl (C=O) groups excluding carboxylic acids is 1. The van der Waals surface area contributed by atoms with Gasteiger partial charge in [-0.2, -0.15) is 0 Å². The quantitative estimate of drug-likeness (QED) is 0.757. The molecule has 2 unspecified atom stereocenters. The predicted octanol–water partition coefficient (Wildman–Crippen LogP) is 2.87. The number of nitrogens with one attached hydrogen (secondary N) is 1. The van der Waals surface area contributed by atoms with E-state index in [0.29, 0.717) is 11.8 Å². The Balaban J connectivity index is 2.13. The van der Waals surface area contributed by atoms with Gasteiger partial charge < -0.3 is 10.5 Å². The van der Waals surface area contributed by atoms with E-state index in [1.54, 1.807) is 18.2 Å². The molecule has 1 heterocycles. The number of ether oxygens (including phenoxy) is 1. The van der Waals surface area contributed by atoms with Crippen LogP contribution in [0.15, 0.2) is 29.2 Å². The van der Waals surface area contributed by atoms with E-state index >= 15 is 0 Å². The number of nitrogens with two attached hydrogens (primary N) is 1. The maximum atomic E-state index is 13.4. The first kappa shape index (κ1) is 19.3. The topological polar surface area (TPSA) is 98.5 Å². The molecule has 0 amide bonds. The van der Waals surface area contributed by atoms with E-state index in [1.165, 1.54) is 7.11 Å². The van der Waals surface area contributed by atoms with Crippen LogP contribution in [0.2, 0.25) is 0 Å². The SMILES string of the molecule is COC(=O)c1sc2ccccc2c1S(=O)(=O)NC1(CN)CCCCC1C. The molecule has 26 heavy (non-hydrogen) atoms. The Morgan fingerprint density at radius 2 is 2.12 bits per heavy atom. The van der Waals surface area contributed by atoms with E-state index < -0.39 is 21.5 Å². The van der Waals surface area contributed by atoms with Gasteiger partial charge >= 0.3 is 5.97 Å². The molecule has 3 N–H and O–H groups in total. The highest BCUT2D eigenvalue weighted by Crippen LogP contribution is 2.38. The number of rotatable bonds is 5. The fraction of sp³-hybridized carbons (Fsp3) is 0.500. The van der Waals surface area contributed by atoms with Gasteiger partial charge in [0.05, 0.1) is 7.11 Å². The standard InChI is InChI=1S/C18H24N2O4S2/c1-12-7-5-6-10-18(12,11-19)20-26(22,23)16-13-8-3-4-9-14(13)25-15(16)17(21)24-2/h3-4,8-9,12,20H,5-7,10-11,19H2,1-2H3. The van der Waals surface area contributed by atoms with Crippen LogP contribution >= 0.6 is 11.3 Å². The summed E-state index contributed by atoms with van der Waals surface area (Å²) in [4.78, 5) is 12.3. The molecule has 1 aliphatic rings. The van der Waals surface area contributed by atoms with Crippen molar-refractivity contribution >= 4 is 37.4 Å². The minimum Gasteiger partial charge on any atom is -0.465 e. The van der Waals surface area contributed by atoms with Crippen molar-refractivity contribution in [3.8, 4) is 0 Å². The van der Waals surface area contributed by atoms with Gasteiger partial charge in [-0.15, -0.1) is 11.3 Å². The third-order valence-electron chi connectivity index (χ3n) is 5.34. The van der Waals surface area contributed by atoms with Crippen molar-refractivity contribution in [1.29, 1.82) is 0 Å². The van der Waals surface area contributed by atoms with Gasteiger partial charge in [0.2, 0.25) is 10.0 Å². The lowest BCUT2D eigenvalue weighted by molar-refractivity contribution is 0.0602. The zero-order valence-corrected chi connectivity index (χ0v) is 16.6. The van der Waals surface area contributed by atoms with Crippen molar-refractivity contribution in [2.75, 3.05) is 13.7 Å². The molecule has 0 saturated heterocycles. The third kappa shape index (κ3) is 3.26. The lowest BCUT2D eigenvalue weighted by atomic mass is 9.74. The van der Waals surface area contributed by atoms with Gasteiger partial charge in [-0.05, 0) is 24.8 Å². The molecule has 1 aromatic carbocycles. The summed E-state index contributed by atoms with van der Waals surface area (Å²) >= 11 is 1.13. The molecule has 1 saturated carbocycles. The number of sulfonamides is 1. The van der Waals surface area contributed by atoms with Gasteiger partial charge in [-0.3, -0.25) is 0 Å². The molecule has 1 aromatic heterocycles. The summed E-state index contributed by atoms with van der Waals surface area (Å²) in [6.45, 7) is 2.25. The van der Waals surface area contributed by atoms with Crippen LogP contribution in [0.1, 0.15) is 42.3 Å². The Morgan fingerprint density at radius 1 is 1.38 bits per heavy atom. The summed E-state index contributed by atoms with van der Waals surface area (Å²) < 4.78 is 35.1. The summed E-state index contributed by atoms with van der Waals surface area (Å²) in [5, 5.41) is 0.529. The lowest BCUT2D eigenvalue weighted by Gasteiger charge is -2.42. The molecule has 0 bridgehead atoms. The molecule has 2 atom stereocenters. The van der Waals surface area contributed by atoms with E-state index in [0.717, 1.165) is 35.3 Å². The smallest absolute Gasteiger partial charge is 0.349 e. The molecule has 8 heteroatoms. The fourth-order valence-corrected chi connectivity index (χ4v) is 7.10. The first-order chi connectivity index (χ1) is 12.3. The maximum absolute atomic E-state index is 13.4. The number of methoxy groups -OCH3 is 1. The van der Waals surface area contributed by atoms with Crippen molar-refractivity contribution in [2.45, 2.75) is 43.0 Å². The number of fused-ring (bicyclic) bond motifs is 1. The maximum Gasteiger partial charge on any atom is 0.349 e. The van der Waals surface area contributed by atoms with Gasteiger partial charge in [0.25, 0.3) is 0 Å². The summed E-state index contributed by atoms with van der Waals surface area (Å²) in [6, 6.07) is 7.09. The molecule has 0 aliphatic heterocycles. The highest BCUT2D eigenvalue weighted by atomic mass is 32.2. The molecule has 142 valence electrons. The minimum atomic E-state index is -3.95. The van der Waals surface area contributed by atoms with Crippen LogP contribution in [0.25, 0.3) is 10.1 Å². The van der Waals surface area contributed by atoms with E-state index in [2.05, 4.69) is 4.72 Å². The molecule has 1 fully saturated rings. The van der Waals surface area contributed by atoms with E-state index in [4.69, 9.17) is 10.5 Å². The van der Waals surface area contributed by atoms with Crippen LogP contribution in [0.3, 0.4) is 0 Å². The van der Waals surface area contributed by atoms with Crippen LogP contribution < -0.4 is 10.5 Å². The number of benzene rings is 1. The minimum absolute atomic E-state index is 0.00412. The van der Waals surface area contributed by atoms with Crippen molar-refractivity contribution in [1.82, 2.24) is 4.72 Å². The summed E-state index contributed by atoms with van der Waals surface area (Å²) in [6.07, 6.45) is 3.62. The Labute approximate surface area is 157 Å². The molecular formula is C18H24N2O4S2. The zero-order valence-electron chi connectivity index (χ0n) is 14.9. The van der Waals surface area contributed by atoms with Gasteiger partial charge in [0.1, 0.15) is 9.77 Å². The second-order valence-corrected chi connectivity index (χ2v) is 9.53. The number of hydrogen-bond donors (Lipinski definition) is 2. The second-order valence-electron chi connectivity index (χ2n) is 6.86. The fourth-order valence-electron chi connectivity index (χ4n) is 3.74. The molecule has 6 nitrogen and oxygen atoms in total. The van der Waals surface area contributed by atoms with Crippen LogP contribution in [-0.2, 0) is 14.8 Å². The average molecular weight is 397 g/mol. The second kappa shape index (κ2) is 7.26. The number of hydrogen-bond acceptors (Lipinski definition) is 6. The summed E-state index contributed by atoms with van der Waals surface area (Å²) in [7, 11) is -2.70. The molecule has 0 spiro atoms. The van der Waals surface area contributed by atoms with E-state index in [-0.39, 0.29) is 22.2 Å². The third-order valence-corrected chi connectivity index (χ3v) is 8.26. The first-order valence-corrected chi connectivity index (χ1v) is 11.0. The van der Waals surface area contributed by atoms with Crippen LogP contribution in [-0.4, -0.2) is 33.6 Å². The first-order valence-electron chi connectivity index (χ1n) is 8.68. The average Bonchev–Trinajstić information content (AvgIpc) is 3.03. The summed E-state index contributed by atoms with van der Waals surface area (Å²) in [5.74, 6) is -0.521. The normalized spacial score (nSPS) is 23.9. The predicted molar refractivity (Wildman–Crippen MR) is 103 cm³/mol. The van der Waals surface area contributed by atoms with Crippen LogP contribution in [0.4, 0.5) is 0 Å². The molecule has 3 rings (SSSR count). The van der Waals surface area contributed by atoms with Gasteiger partial charge in [0.15, 0.2) is 0 Å². The van der Waals surface area contributed by atoms with Crippen molar-refractivity contribution in [3.05, 3.63) is 29.1 Å². The number of thiophene rings is 1. The zero-order chi connectivity index (χ0) is 18.9. The molecule has 2 aromatic rings. The van der Waals surface area contributed by atoms with Gasteiger partial charge in [-0.25, -0.2) is 17.9 Å². The van der Waals surface area contributed by atoms with Crippen molar-refractivity contribution in [3.63, 3.8) is 0 Å². The highest BCUT2D eigenvalue weighted by Gasteiger charge is 2.42. The number of esters is 1. The molecule has 1 aliphatic carbocycles. The van der Waals surface area contributed by atoms with Gasteiger partial charge in [0, 0.05) is 22.2 Å². The Hall–Kier alpha value is -1.48. The lowest BCUT2D eigenvalue weighted by Crippen LogP contribution is -2.59. The van der Waals surface area contributed by atoms with E-state index in [9.17, 15) is 13.2 Å². The van der Waals surface area contributed by atoms with Gasteiger partial charge in [-0.1, -0.05) is 38.0 Å². The summed E-state index contributed by atoms with van der Waals surface area (Å²) in [5.41, 5.74) is 5.32. The largest absolute Gasteiger partial charge is 0.465 e. The Kier molecular flexibility index (Phi) is 5.39. The van der Waals surface area contributed by atoms with Crippen LogP contribution in [0.5, 0.6) is 0 Å². The van der Waals surface area contributed by atoms with Crippen molar-refractivity contribution < 1.29 is 17.9 Å². The Morgan fingerprint density at radius 3 is 2.77 bits per heavy atom.